The van der Waals surface area contributed by atoms with Crippen molar-refractivity contribution < 1.29 is 9.18 Å². The number of amides is 1. The largest absolute Gasteiger partial charge is 0.339 e. The minimum absolute atomic E-state index is 0.0815. The number of hydrogen-bond donors (Lipinski definition) is 0. The zero-order valence-electron chi connectivity index (χ0n) is 15.9. The fourth-order valence-electron chi connectivity index (χ4n) is 2.76. The van der Waals surface area contributed by atoms with E-state index in [0.29, 0.717) is 13.1 Å². The van der Waals surface area contributed by atoms with Gasteiger partial charge < -0.3 is 4.90 Å². The van der Waals surface area contributed by atoms with Crippen LogP contribution in [-0.2, 0) is 5.41 Å². The van der Waals surface area contributed by atoms with Gasteiger partial charge in [0, 0.05) is 22.8 Å². The van der Waals surface area contributed by atoms with E-state index in [2.05, 4.69) is 26.8 Å². The van der Waals surface area contributed by atoms with Crippen LogP contribution < -0.4 is 0 Å². The van der Waals surface area contributed by atoms with E-state index >= 15 is 0 Å². The first-order valence-corrected chi connectivity index (χ1v) is 9.79. The second-order valence-corrected chi connectivity index (χ2v) is 8.48. The summed E-state index contributed by atoms with van der Waals surface area (Å²) >= 11 is 1.68. The zero-order valence-corrected chi connectivity index (χ0v) is 16.7. The predicted octanol–water partition coefficient (Wildman–Crippen LogP) is 6.11. The molecule has 136 valence electrons. The molecule has 0 unspecified atom stereocenters. The van der Waals surface area contributed by atoms with Gasteiger partial charge in [-0.25, -0.2) is 4.39 Å². The maximum Gasteiger partial charge on any atom is 0.256 e. The van der Waals surface area contributed by atoms with Crippen LogP contribution in [0.5, 0.6) is 0 Å². The van der Waals surface area contributed by atoms with Crippen molar-refractivity contribution in [3.05, 3.63) is 46.6 Å². The lowest BCUT2D eigenvalue weighted by molar-refractivity contribution is 0.0751. The monoisotopic (exact) mass is 361 g/mol. The van der Waals surface area contributed by atoms with Crippen LogP contribution in [0, 0.1) is 5.82 Å². The van der Waals surface area contributed by atoms with E-state index in [1.165, 1.54) is 10.9 Å². The molecule has 0 aliphatic carbocycles. The summed E-state index contributed by atoms with van der Waals surface area (Å²) < 4.78 is 14.6. The number of nitrogens with zero attached hydrogens (tertiary/aromatic N) is 1. The second-order valence-electron chi connectivity index (χ2n) is 7.40. The van der Waals surface area contributed by atoms with E-state index in [0.717, 1.165) is 23.3 Å². The minimum Gasteiger partial charge on any atom is -0.339 e. The normalized spacial score (nSPS) is 11.6. The van der Waals surface area contributed by atoms with Crippen LogP contribution in [0.25, 0.3) is 10.4 Å². The topological polar surface area (TPSA) is 20.3 Å². The Morgan fingerprint density at radius 1 is 1.08 bits per heavy atom. The lowest BCUT2D eigenvalue weighted by atomic mass is 9.95. The van der Waals surface area contributed by atoms with E-state index in [1.807, 2.05) is 26.0 Å². The Morgan fingerprint density at radius 2 is 1.72 bits per heavy atom. The van der Waals surface area contributed by atoms with E-state index in [9.17, 15) is 9.18 Å². The van der Waals surface area contributed by atoms with Gasteiger partial charge in [0.25, 0.3) is 5.91 Å². The molecule has 1 heterocycles. The summed E-state index contributed by atoms with van der Waals surface area (Å²) in [6.45, 7) is 11.9. The molecule has 0 atom stereocenters. The van der Waals surface area contributed by atoms with Gasteiger partial charge in [0.1, 0.15) is 5.82 Å². The highest BCUT2D eigenvalue weighted by molar-refractivity contribution is 7.15. The van der Waals surface area contributed by atoms with E-state index in [-0.39, 0.29) is 16.9 Å². The van der Waals surface area contributed by atoms with E-state index < -0.39 is 5.82 Å². The van der Waals surface area contributed by atoms with E-state index in [1.54, 1.807) is 22.3 Å². The molecular weight excluding hydrogens is 333 g/mol. The number of rotatable bonds is 6. The fraction of sp³-hybridized carbons (Fsp3) is 0.476. The molecule has 0 N–H and O–H groups in total. The summed E-state index contributed by atoms with van der Waals surface area (Å²) in [6, 6.07) is 9.09. The number of thiophene rings is 1. The molecule has 2 nitrogen and oxygen atoms in total. The number of hydrogen-bond acceptors (Lipinski definition) is 2. The van der Waals surface area contributed by atoms with Crippen LogP contribution in [0.1, 0.15) is 62.7 Å². The number of halogens is 1. The van der Waals surface area contributed by atoms with Gasteiger partial charge in [0.2, 0.25) is 0 Å². The lowest BCUT2D eigenvalue weighted by Gasteiger charge is -2.21. The highest BCUT2D eigenvalue weighted by Gasteiger charge is 2.20. The lowest BCUT2D eigenvalue weighted by Crippen LogP contribution is -2.33. The van der Waals surface area contributed by atoms with Gasteiger partial charge in [0.05, 0.1) is 5.56 Å². The van der Waals surface area contributed by atoms with Crippen LogP contribution in [0.15, 0.2) is 30.3 Å². The van der Waals surface area contributed by atoms with Gasteiger partial charge in [-0.3, -0.25) is 4.79 Å². The SMILES string of the molecule is CCCN(CCC)C(=O)c1ccc(-c2ccc(C(C)(C)C)s2)cc1F. The van der Waals surface area contributed by atoms with Crippen molar-refractivity contribution in [2.24, 2.45) is 0 Å². The molecular formula is C21H28FNOS. The molecule has 0 saturated carbocycles. The van der Waals surface area contributed by atoms with Crippen LogP contribution in [-0.4, -0.2) is 23.9 Å². The summed E-state index contributed by atoms with van der Waals surface area (Å²) in [5, 5.41) is 0. The summed E-state index contributed by atoms with van der Waals surface area (Å²) in [5.74, 6) is -0.653. The Labute approximate surface area is 154 Å². The Balaban J connectivity index is 2.28. The van der Waals surface area contributed by atoms with Gasteiger partial charge in [-0.15, -0.1) is 11.3 Å². The van der Waals surface area contributed by atoms with Crippen molar-refractivity contribution in [2.75, 3.05) is 13.1 Å². The van der Waals surface area contributed by atoms with Crippen molar-refractivity contribution in [1.82, 2.24) is 4.90 Å². The third kappa shape index (κ3) is 4.69. The molecule has 1 aromatic heterocycles. The third-order valence-electron chi connectivity index (χ3n) is 4.10. The summed E-state index contributed by atoms with van der Waals surface area (Å²) in [7, 11) is 0. The molecule has 1 aromatic carbocycles. The minimum atomic E-state index is -0.439. The summed E-state index contributed by atoms with van der Waals surface area (Å²) in [4.78, 5) is 16.6. The molecule has 1 amide bonds. The van der Waals surface area contributed by atoms with Crippen molar-refractivity contribution in [2.45, 2.75) is 52.9 Å². The molecule has 0 fully saturated rings. The van der Waals surface area contributed by atoms with Crippen molar-refractivity contribution >= 4 is 17.2 Å². The average molecular weight is 362 g/mol. The summed E-state index contributed by atoms with van der Waals surface area (Å²) in [6.07, 6.45) is 1.74. The molecule has 4 heteroatoms. The Morgan fingerprint density at radius 3 is 2.20 bits per heavy atom. The molecule has 0 saturated heterocycles. The number of carbonyl (C=O) groups is 1. The van der Waals surface area contributed by atoms with Crippen molar-refractivity contribution in [1.29, 1.82) is 0 Å². The van der Waals surface area contributed by atoms with Crippen molar-refractivity contribution in [3.63, 3.8) is 0 Å². The maximum atomic E-state index is 14.6. The highest BCUT2D eigenvalue weighted by Crippen LogP contribution is 2.35. The first-order valence-electron chi connectivity index (χ1n) is 8.97. The molecule has 2 rings (SSSR count). The van der Waals surface area contributed by atoms with Gasteiger partial charge in [-0.2, -0.15) is 0 Å². The second kappa shape index (κ2) is 8.13. The van der Waals surface area contributed by atoms with E-state index in [4.69, 9.17) is 0 Å². The Bertz CT molecular complexity index is 724. The van der Waals surface area contributed by atoms with Gasteiger partial charge in [0.15, 0.2) is 0 Å². The van der Waals surface area contributed by atoms with Gasteiger partial charge >= 0.3 is 0 Å². The molecule has 0 bridgehead atoms. The molecule has 2 aromatic rings. The first kappa shape index (κ1) is 19.6. The fourth-order valence-corrected chi connectivity index (χ4v) is 3.82. The van der Waals surface area contributed by atoms with Crippen LogP contribution in [0.4, 0.5) is 4.39 Å². The number of benzene rings is 1. The Kier molecular flexibility index (Phi) is 6.39. The van der Waals surface area contributed by atoms with Crippen molar-refractivity contribution in [3.8, 4) is 10.4 Å². The average Bonchev–Trinajstić information content (AvgIpc) is 3.04. The molecule has 0 spiro atoms. The van der Waals surface area contributed by atoms with Crippen LogP contribution in [0.2, 0.25) is 0 Å². The molecule has 25 heavy (non-hydrogen) atoms. The van der Waals surface area contributed by atoms with Crippen LogP contribution >= 0.6 is 11.3 Å². The Hall–Kier alpha value is -1.68. The standard InChI is InChI=1S/C21H28FNOS/c1-6-12-23(13-7-2)20(24)16-9-8-15(14-17(16)22)18-10-11-19(25-18)21(3,4)5/h8-11,14H,6-7,12-13H2,1-5H3. The maximum absolute atomic E-state index is 14.6. The van der Waals surface area contributed by atoms with Gasteiger partial charge in [-0.05, 0) is 48.1 Å². The van der Waals surface area contributed by atoms with Gasteiger partial charge in [-0.1, -0.05) is 40.7 Å². The van der Waals surface area contributed by atoms with Crippen LogP contribution in [0.3, 0.4) is 0 Å². The predicted molar refractivity (Wildman–Crippen MR) is 105 cm³/mol. The zero-order chi connectivity index (χ0) is 18.6. The smallest absolute Gasteiger partial charge is 0.256 e. The quantitative estimate of drug-likeness (QED) is 0.607. The summed E-state index contributed by atoms with van der Waals surface area (Å²) in [5.41, 5.74) is 1.07. The number of carbonyl (C=O) groups excluding carboxylic acids is 1. The highest BCUT2D eigenvalue weighted by atomic mass is 32.1. The molecule has 0 radical (unpaired) electrons. The molecule has 0 aliphatic rings. The third-order valence-corrected chi connectivity index (χ3v) is 5.66. The molecule has 0 aliphatic heterocycles. The first-order chi connectivity index (χ1) is 11.8.